The predicted octanol–water partition coefficient (Wildman–Crippen LogP) is 7.83. The molecule has 2 N–H and O–H groups in total. The van der Waals surface area contributed by atoms with Gasteiger partial charge in [-0.1, -0.05) is 88.4 Å². The van der Waals surface area contributed by atoms with Crippen molar-refractivity contribution < 1.29 is 24.2 Å². The number of nitrogens with one attached hydrogen (secondary N) is 1. The molecule has 0 heterocycles. The second kappa shape index (κ2) is 17.7. The number of unbranched alkanes of at least 4 members (excludes halogenated alkanes) is 10. The van der Waals surface area contributed by atoms with Gasteiger partial charge in [-0.05, 0) is 37.3 Å². The summed E-state index contributed by atoms with van der Waals surface area (Å²) in [5, 5.41) is 11.7. The molecule has 0 aromatic heterocycles. The molecule has 31 heavy (non-hydrogen) atoms. The highest BCUT2D eigenvalue weighted by Gasteiger charge is 2.10. The molecule has 7 heteroatoms. The average molecular weight is 456 g/mol. The molecule has 1 aromatic carbocycles. The molecule has 0 atom stereocenters. The van der Waals surface area contributed by atoms with E-state index in [1.54, 1.807) is 6.07 Å². The highest BCUT2D eigenvalue weighted by Crippen LogP contribution is 2.27. The predicted molar refractivity (Wildman–Crippen MR) is 125 cm³/mol. The summed E-state index contributed by atoms with van der Waals surface area (Å²) in [6, 6.07) is 5.67. The van der Waals surface area contributed by atoms with Gasteiger partial charge in [-0.3, -0.25) is 5.32 Å². The molecule has 0 radical (unpaired) electrons. The molecule has 0 fully saturated rings. The van der Waals surface area contributed by atoms with Crippen LogP contribution in [0.25, 0.3) is 0 Å². The molecule has 0 unspecified atom stereocenters. The maximum atomic E-state index is 12.0. The lowest BCUT2D eigenvalue weighted by atomic mass is 10.0. The molecule has 0 bridgehead atoms. The van der Waals surface area contributed by atoms with Gasteiger partial charge in [0.05, 0.1) is 23.9 Å². The quantitative estimate of drug-likeness (QED) is 0.184. The van der Waals surface area contributed by atoms with E-state index < -0.39 is 12.2 Å². The number of hydrogen-bond donors (Lipinski definition) is 2. The summed E-state index contributed by atoms with van der Waals surface area (Å²) in [4.78, 5) is 22.3. The number of hydrogen-bond acceptors (Lipinski definition) is 4. The second-order valence-electron chi connectivity index (χ2n) is 7.79. The first-order chi connectivity index (χ1) is 15.0. The van der Waals surface area contributed by atoms with Crippen LogP contribution in [0.5, 0.6) is 0 Å². The number of rotatable bonds is 17. The van der Waals surface area contributed by atoms with E-state index >= 15 is 0 Å². The van der Waals surface area contributed by atoms with Gasteiger partial charge >= 0.3 is 12.2 Å². The minimum Gasteiger partial charge on any atom is -0.450 e. The zero-order chi connectivity index (χ0) is 22.7. The lowest BCUT2D eigenvalue weighted by Gasteiger charge is -2.11. The number of aryl methyl sites for hydroxylation is 1. The molecule has 6 nitrogen and oxygen atoms in total. The molecule has 0 aliphatic carbocycles. The van der Waals surface area contributed by atoms with E-state index in [0.717, 1.165) is 63.4 Å². The minimum atomic E-state index is -1.21. The zero-order valence-electron chi connectivity index (χ0n) is 18.8. The fourth-order valence-corrected chi connectivity index (χ4v) is 3.61. The number of ether oxygens (including phenoxy) is 2. The first-order valence-corrected chi connectivity index (χ1v) is 12.0. The average Bonchev–Trinajstić information content (AvgIpc) is 2.74. The van der Waals surface area contributed by atoms with Crippen molar-refractivity contribution in [1.29, 1.82) is 0 Å². The van der Waals surface area contributed by atoms with Crippen molar-refractivity contribution >= 4 is 29.5 Å². The summed E-state index contributed by atoms with van der Waals surface area (Å²) in [6.07, 6.45) is 12.0. The van der Waals surface area contributed by atoms with Crippen LogP contribution in [-0.4, -0.2) is 30.6 Å². The summed E-state index contributed by atoms with van der Waals surface area (Å²) in [5.41, 5.74) is 1.61. The topological polar surface area (TPSA) is 84.9 Å². The van der Waals surface area contributed by atoms with Crippen LogP contribution in [0.4, 0.5) is 15.3 Å². The number of carbonyl (C=O) groups excluding carboxylic acids is 1. The Kier molecular flexibility index (Phi) is 15.5. The maximum Gasteiger partial charge on any atom is 0.505 e. The molecule has 1 rings (SSSR count). The SMILES string of the molecule is CCCCCCCCOC(=O)Nc1cccc(CCCCCCCCOC(=O)O)c1Cl. The Bertz CT molecular complexity index is 638. The molecular weight excluding hydrogens is 418 g/mol. The van der Waals surface area contributed by atoms with E-state index in [-0.39, 0.29) is 6.61 Å². The van der Waals surface area contributed by atoms with Gasteiger partial charge in [0.25, 0.3) is 0 Å². The highest BCUT2D eigenvalue weighted by molar-refractivity contribution is 6.34. The normalized spacial score (nSPS) is 10.6. The smallest absolute Gasteiger partial charge is 0.450 e. The molecule has 1 aromatic rings. The second-order valence-corrected chi connectivity index (χ2v) is 8.17. The molecule has 0 saturated heterocycles. The van der Waals surface area contributed by atoms with E-state index in [2.05, 4.69) is 17.0 Å². The molecule has 0 aliphatic rings. The zero-order valence-corrected chi connectivity index (χ0v) is 19.6. The summed E-state index contributed by atoms with van der Waals surface area (Å²) in [5.74, 6) is 0. The van der Waals surface area contributed by atoms with Gasteiger partial charge in [0, 0.05) is 0 Å². The number of carbonyl (C=O) groups is 2. The van der Waals surface area contributed by atoms with Crippen molar-refractivity contribution in [2.24, 2.45) is 0 Å². The van der Waals surface area contributed by atoms with E-state index in [0.29, 0.717) is 17.3 Å². The third-order valence-corrected chi connectivity index (χ3v) is 5.56. The Labute approximate surface area is 191 Å². The van der Waals surface area contributed by atoms with Gasteiger partial charge < -0.3 is 14.6 Å². The van der Waals surface area contributed by atoms with Gasteiger partial charge in [0.15, 0.2) is 0 Å². The van der Waals surface area contributed by atoms with Crippen molar-refractivity contribution in [3.8, 4) is 0 Å². The van der Waals surface area contributed by atoms with Crippen molar-refractivity contribution in [3.63, 3.8) is 0 Å². The molecule has 0 aliphatic heterocycles. The fraction of sp³-hybridized carbons (Fsp3) is 0.667. The van der Waals surface area contributed by atoms with E-state index in [1.807, 2.05) is 12.1 Å². The standard InChI is InChI=1S/C24H38ClNO5/c1-2-3-4-5-9-12-18-30-23(27)26-21-17-14-16-20(22(21)25)15-11-8-6-7-10-13-19-31-24(28)29/h14,16-17H,2-13,15,18-19H2,1H3,(H,26,27)(H,28,29). The van der Waals surface area contributed by atoms with Gasteiger partial charge in [-0.15, -0.1) is 0 Å². The third kappa shape index (κ3) is 13.9. The summed E-state index contributed by atoms with van der Waals surface area (Å²) in [7, 11) is 0. The summed E-state index contributed by atoms with van der Waals surface area (Å²) >= 11 is 6.48. The number of anilines is 1. The summed E-state index contributed by atoms with van der Waals surface area (Å²) in [6.45, 7) is 2.89. The Morgan fingerprint density at radius 2 is 1.45 bits per heavy atom. The van der Waals surface area contributed by atoms with Crippen LogP contribution in [0.3, 0.4) is 0 Å². The number of benzene rings is 1. The summed E-state index contributed by atoms with van der Waals surface area (Å²) < 4.78 is 9.75. The molecule has 0 spiro atoms. The minimum absolute atomic E-state index is 0.270. The Hall–Kier alpha value is -1.95. The van der Waals surface area contributed by atoms with E-state index in [9.17, 15) is 9.59 Å². The van der Waals surface area contributed by atoms with Crippen LogP contribution in [-0.2, 0) is 15.9 Å². The van der Waals surface area contributed by atoms with Crippen molar-refractivity contribution in [1.82, 2.24) is 0 Å². The van der Waals surface area contributed by atoms with Gasteiger partial charge in [0.2, 0.25) is 0 Å². The van der Waals surface area contributed by atoms with E-state index in [4.69, 9.17) is 21.4 Å². The number of halogens is 1. The van der Waals surface area contributed by atoms with Crippen molar-refractivity contribution in [2.45, 2.75) is 90.4 Å². The Morgan fingerprint density at radius 1 is 0.871 bits per heavy atom. The fourth-order valence-electron chi connectivity index (χ4n) is 3.35. The van der Waals surface area contributed by atoms with Crippen LogP contribution in [0.2, 0.25) is 5.02 Å². The molecule has 0 saturated carbocycles. The van der Waals surface area contributed by atoms with E-state index in [1.165, 1.54) is 25.7 Å². The van der Waals surface area contributed by atoms with Crippen LogP contribution < -0.4 is 5.32 Å². The van der Waals surface area contributed by atoms with Crippen LogP contribution >= 0.6 is 11.6 Å². The van der Waals surface area contributed by atoms with Gasteiger partial charge in [-0.25, -0.2) is 9.59 Å². The van der Waals surface area contributed by atoms with Gasteiger partial charge in [-0.2, -0.15) is 0 Å². The van der Waals surface area contributed by atoms with Crippen LogP contribution in [0, 0.1) is 0 Å². The number of amides is 1. The van der Waals surface area contributed by atoms with Crippen molar-refractivity contribution in [2.75, 3.05) is 18.5 Å². The van der Waals surface area contributed by atoms with Crippen molar-refractivity contribution in [3.05, 3.63) is 28.8 Å². The van der Waals surface area contributed by atoms with Gasteiger partial charge in [0.1, 0.15) is 0 Å². The lowest BCUT2D eigenvalue weighted by Crippen LogP contribution is -2.15. The maximum absolute atomic E-state index is 12.0. The van der Waals surface area contributed by atoms with Crippen LogP contribution in [0.1, 0.15) is 89.5 Å². The molecule has 1 amide bonds. The first-order valence-electron chi connectivity index (χ1n) is 11.6. The largest absolute Gasteiger partial charge is 0.505 e. The Morgan fingerprint density at radius 3 is 2.10 bits per heavy atom. The number of carboxylic acid groups (broad SMARTS) is 1. The Balaban J connectivity index is 2.20. The molecule has 176 valence electrons. The highest BCUT2D eigenvalue weighted by atomic mass is 35.5. The first kappa shape index (κ1) is 27.1. The molecular formula is C24H38ClNO5. The van der Waals surface area contributed by atoms with Crippen LogP contribution in [0.15, 0.2) is 18.2 Å². The monoisotopic (exact) mass is 455 g/mol. The lowest BCUT2D eigenvalue weighted by molar-refractivity contribution is 0.0899. The third-order valence-electron chi connectivity index (χ3n) is 5.11.